The molecular formula is C16H20N2O2S. The summed E-state index contributed by atoms with van der Waals surface area (Å²) in [6, 6.07) is 0. The van der Waals surface area contributed by atoms with Crippen molar-refractivity contribution in [3.8, 4) is 0 Å². The zero-order valence-electron chi connectivity index (χ0n) is 12.8. The highest BCUT2D eigenvalue weighted by molar-refractivity contribution is 8.03. The molecule has 1 aliphatic carbocycles. The summed E-state index contributed by atoms with van der Waals surface area (Å²) in [6.07, 6.45) is 5.47. The number of hydrogen-bond acceptors (Lipinski definition) is 3. The Morgan fingerprint density at radius 2 is 2.14 bits per heavy atom. The summed E-state index contributed by atoms with van der Waals surface area (Å²) in [7, 11) is 1.62. The molecule has 1 saturated heterocycles. The van der Waals surface area contributed by atoms with Crippen molar-refractivity contribution in [3.63, 3.8) is 0 Å². The monoisotopic (exact) mass is 304 g/mol. The first-order chi connectivity index (χ1) is 9.83. The number of H-pyrrole nitrogens is 1. The van der Waals surface area contributed by atoms with E-state index in [-0.39, 0.29) is 28.2 Å². The van der Waals surface area contributed by atoms with Crippen LogP contribution < -0.4 is 5.56 Å². The number of aromatic nitrogens is 2. The lowest BCUT2D eigenvalue weighted by atomic mass is 9.68. The second kappa shape index (κ2) is 4.77. The minimum absolute atomic E-state index is 0.141. The lowest BCUT2D eigenvalue weighted by Crippen LogP contribution is -2.32. The van der Waals surface area contributed by atoms with E-state index in [2.05, 4.69) is 31.9 Å². The van der Waals surface area contributed by atoms with Gasteiger partial charge >= 0.3 is 0 Å². The Morgan fingerprint density at radius 1 is 1.43 bits per heavy atom. The maximum absolute atomic E-state index is 12.7. The third-order valence-corrected chi connectivity index (χ3v) is 6.23. The van der Waals surface area contributed by atoms with Gasteiger partial charge in [0, 0.05) is 30.5 Å². The zero-order valence-corrected chi connectivity index (χ0v) is 13.6. The first kappa shape index (κ1) is 14.4. The summed E-state index contributed by atoms with van der Waals surface area (Å²) in [4.78, 5) is 26.1. The molecule has 1 aliphatic heterocycles. The predicted molar refractivity (Wildman–Crippen MR) is 85.4 cm³/mol. The number of nitrogens with one attached hydrogen (secondary N) is 1. The number of ketones is 1. The van der Waals surface area contributed by atoms with Gasteiger partial charge in [0.05, 0.1) is 0 Å². The van der Waals surface area contributed by atoms with Crippen LogP contribution in [-0.2, 0) is 7.05 Å². The number of carbonyl (C=O) groups is 1. The summed E-state index contributed by atoms with van der Waals surface area (Å²) in [6.45, 7) is 6.61. The number of thioether (sulfide) groups is 1. The molecule has 0 spiro atoms. The first-order valence-electron chi connectivity index (χ1n) is 7.16. The van der Waals surface area contributed by atoms with Crippen LogP contribution in [0.25, 0.3) is 0 Å². The van der Waals surface area contributed by atoms with E-state index < -0.39 is 0 Å². The number of allylic oxidation sites excluding steroid dienone is 4. The molecule has 2 unspecified atom stereocenters. The molecule has 3 rings (SSSR count). The van der Waals surface area contributed by atoms with Crippen molar-refractivity contribution in [2.45, 2.75) is 20.8 Å². The standard InChI is InChI=1S/C16H20N2O2S/c1-9-10(14(19)11-7-17-18(4)15(11)20)5-6-12-13(9)16(2,3)8-21-12/h5-7,9,13,17H,8H2,1-4H3. The van der Waals surface area contributed by atoms with Crippen molar-refractivity contribution >= 4 is 17.5 Å². The maximum atomic E-state index is 12.7. The Balaban J connectivity index is 1.99. The molecule has 21 heavy (non-hydrogen) atoms. The number of fused-ring (bicyclic) bond motifs is 1. The second-order valence-corrected chi connectivity index (χ2v) is 7.66. The molecule has 1 aromatic heterocycles. The van der Waals surface area contributed by atoms with Gasteiger partial charge in [0.15, 0.2) is 5.78 Å². The van der Waals surface area contributed by atoms with Gasteiger partial charge in [-0.05, 0) is 16.2 Å². The number of aromatic amines is 1. The molecule has 2 aliphatic rings. The molecule has 112 valence electrons. The Labute approximate surface area is 128 Å². The van der Waals surface area contributed by atoms with Crippen LogP contribution >= 0.6 is 11.8 Å². The minimum atomic E-state index is -0.261. The fraction of sp³-hybridized carbons (Fsp3) is 0.500. The topological polar surface area (TPSA) is 54.9 Å². The van der Waals surface area contributed by atoms with Crippen LogP contribution in [0.5, 0.6) is 0 Å². The molecule has 0 bridgehead atoms. The molecular weight excluding hydrogens is 284 g/mol. The zero-order chi connectivity index (χ0) is 15.4. The van der Waals surface area contributed by atoms with Crippen LogP contribution in [0.4, 0.5) is 0 Å². The summed E-state index contributed by atoms with van der Waals surface area (Å²) >= 11 is 1.89. The number of hydrogen-bond donors (Lipinski definition) is 1. The molecule has 5 heteroatoms. The predicted octanol–water partition coefficient (Wildman–Crippen LogP) is 2.75. The summed E-state index contributed by atoms with van der Waals surface area (Å²) in [5, 5.41) is 2.77. The Kier molecular flexibility index (Phi) is 3.28. The molecule has 0 radical (unpaired) electrons. The van der Waals surface area contributed by atoms with Gasteiger partial charge in [0.1, 0.15) is 5.56 Å². The third kappa shape index (κ3) is 2.14. The molecule has 0 saturated carbocycles. The fourth-order valence-corrected chi connectivity index (χ4v) is 5.06. The summed E-state index contributed by atoms with van der Waals surface area (Å²) in [5.74, 6) is 1.44. The first-order valence-corrected chi connectivity index (χ1v) is 8.15. The highest BCUT2D eigenvalue weighted by Crippen LogP contribution is 2.55. The molecule has 1 N–H and O–H groups in total. The van der Waals surface area contributed by atoms with Crippen molar-refractivity contribution in [2.75, 3.05) is 5.75 Å². The van der Waals surface area contributed by atoms with Gasteiger partial charge in [-0.3, -0.25) is 14.3 Å². The van der Waals surface area contributed by atoms with Gasteiger partial charge in [-0.2, -0.15) is 0 Å². The highest BCUT2D eigenvalue weighted by atomic mass is 32.2. The SMILES string of the molecule is CC1C(C(=O)c2c[nH]n(C)c2=O)=CC=C2SCC(C)(C)C21. The average molecular weight is 304 g/mol. The minimum Gasteiger partial charge on any atom is -0.302 e. The average Bonchev–Trinajstić information content (AvgIpc) is 2.91. The van der Waals surface area contributed by atoms with E-state index in [9.17, 15) is 9.59 Å². The van der Waals surface area contributed by atoms with Crippen molar-refractivity contribution < 1.29 is 4.79 Å². The number of Topliss-reactive ketones (excluding diaryl/α,β-unsaturated/α-hetero) is 1. The largest absolute Gasteiger partial charge is 0.302 e. The normalized spacial score (nSPS) is 27.0. The highest BCUT2D eigenvalue weighted by Gasteiger charge is 2.45. The van der Waals surface area contributed by atoms with E-state index in [1.807, 2.05) is 17.8 Å². The summed E-state index contributed by atoms with van der Waals surface area (Å²) < 4.78 is 1.33. The molecule has 2 heterocycles. The van der Waals surface area contributed by atoms with Gasteiger partial charge in [-0.25, -0.2) is 0 Å². The third-order valence-electron chi connectivity index (χ3n) is 4.62. The van der Waals surface area contributed by atoms with E-state index in [1.54, 1.807) is 7.05 Å². The van der Waals surface area contributed by atoms with Crippen molar-refractivity contribution in [2.24, 2.45) is 24.3 Å². The van der Waals surface area contributed by atoms with Gasteiger partial charge in [-0.15, -0.1) is 11.8 Å². The maximum Gasteiger partial charge on any atom is 0.277 e. The molecule has 4 nitrogen and oxygen atoms in total. The van der Waals surface area contributed by atoms with Crippen LogP contribution in [-0.4, -0.2) is 21.3 Å². The smallest absolute Gasteiger partial charge is 0.277 e. The molecule has 0 aromatic carbocycles. The van der Waals surface area contributed by atoms with E-state index in [4.69, 9.17) is 0 Å². The lowest BCUT2D eigenvalue weighted by molar-refractivity contribution is 0.100. The van der Waals surface area contributed by atoms with Crippen molar-refractivity contribution in [3.05, 3.63) is 44.7 Å². The summed E-state index contributed by atoms with van der Waals surface area (Å²) in [5.41, 5.74) is 0.897. The Bertz CT molecular complexity index is 721. The van der Waals surface area contributed by atoms with E-state index >= 15 is 0 Å². The molecule has 0 amide bonds. The number of aryl methyl sites for hydroxylation is 1. The van der Waals surface area contributed by atoms with E-state index in [1.165, 1.54) is 15.8 Å². The second-order valence-electron chi connectivity index (χ2n) is 6.62. The van der Waals surface area contributed by atoms with Crippen molar-refractivity contribution in [1.82, 2.24) is 9.78 Å². The van der Waals surface area contributed by atoms with Gasteiger partial charge < -0.3 is 5.10 Å². The van der Waals surface area contributed by atoms with Gasteiger partial charge in [0.25, 0.3) is 5.56 Å². The van der Waals surface area contributed by atoms with Crippen LogP contribution in [0, 0.1) is 17.3 Å². The van der Waals surface area contributed by atoms with Gasteiger partial charge in [0.2, 0.25) is 0 Å². The van der Waals surface area contributed by atoms with Crippen LogP contribution in [0.1, 0.15) is 31.1 Å². The Hall–Kier alpha value is -1.49. The van der Waals surface area contributed by atoms with Crippen LogP contribution in [0.3, 0.4) is 0 Å². The molecule has 2 atom stereocenters. The van der Waals surface area contributed by atoms with Gasteiger partial charge in [-0.1, -0.05) is 32.9 Å². The van der Waals surface area contributed by atoms with Crippen molar-refractivity contribution in [1.29, 1.82) is 0 Å². The van der Waals surface area contributed by atoms with E-state index in [0.29, 0.717) is 5.92 Å². The number of rotatable bonds is 2. The fourth-order valence-electron chi connectivity index (χ4n) is 3.48. The quantitative estimate of drug-likeness (QED) is 0.855. The number of carbonyl (C=O) groups excluding carboxylic acids is 1. The number of nitrogens with zero attached hydrogens (tertiary/aromatic N) is 1. The lowest BCUT2D eigenvalue weighted by Gasteiger charge is -2.34. The Morgan fingerprint density at radius 3 is 2.76 bits per heavy atom. The molecule has 1 fully saturated rings. The van der Waals surface area contributed by atoms with E-state index in [0.717, 1.165) is 11.3 Å². The van der Waals surface area contributed by atoms with Crippen LogP contribution in [0.2, 0.25) is 0 Å². The van der Waals surface area contributed by atoms with Crippen LogP contribution in [0.15, 0.2) is 33.6 Å². The molecule has 1 aromatic rings.